The molecule has 20 heavy (non-hydrogen) atoms. The highest BCUT2D eigenvalue weighted by Gasteiger charge is 2.34. The molecule has 0 unspecified atom stereocenters. The lowest BCUT2D eigenvalue weighted by molar-refractivity contribution is -0.916. The number of hydrogen-bond acceptors (Lipinski definition) is 0. The van der Waals surface area contributed by atoms with Gasteiger partial charge < -0.3 is 4.48 Å². The molecular formula is C19H22N+. The molecular weight excluding hydrogens is 242 g/mol. The van der Waals surface area contributed by atoms with Gasteiger partial charge in [0.05, 0.1) is 26.6 Å². The van der Waals surface area contributed by atoms with E-state index in [0.717, 1.165) is 11.0 Å². The van der Waals surface area contributed by atoms with Gasteiger partial charge in [-0.2, -0.15) is 0 Å². The first-order chi connectivity index (χ1) is 9.67. The third kappa shape index (κ3) is 2.54. The normalized spacial score (nSPS) is 24.5. The number of rotatable bonds is 2. The molecule has 0 radical (unpaired) electrons. The molecule has 102 valence electrons. The highest BCUT2D eigenvalue weighted by molar-refractivity contribution is 5.28. The maximum Gasteiger partial charge on any atom is 0.133 e. The molecule has 0 N–H and O–H groups in total. The second kappa shape index (κ2) is 5.26. The van der Waals surface area contributed by atoms with Crippen LogP contribution in [0.4, 0.5) is 0 Å². The maximum atomic E-state index is 2.39. The van der Waals surface area contributed by atoms with Crippen LogP contribution < -0.4 is 0 Å². The van der Waals surface area contributed by atoms with Crippen LogP contribution >= 0.6 is 0 Å². The molecule has 2 aromatic rings. The zero-order valence-corrected chi connectivity index (χ0v) is 12.2. The van der Waals surface area contributed by atoms with Gasteiger partial charge in [0.1, 0.15) is 6.04 Å². The van der Waals surface area contributed by atoms with Gasteiger partial charge in [-0.05, 0) is 11.6 Å². The van der Waals surface area contributed by atoms with Crippen molar-refractivity contribution < 1.29 is 4.48 Å². The molecule has 1 aliphatic rings. The van der Waals surface area contributed by atoms with Crippen molar-refractivity contribution in [1.82, 2.24) is 0 Å². The summed E-state index contributed by atoms with van der Waals surface area (Å²) < 4.78 is 1.00. The van der Waals surface area contributed by atoms with Crippen LogP contribution in [0.1, 0.15) is 23.1 Å². The average molecular weight is 264 g/mol. The Bertz CT molecular complexity index is 584. The van der Waals surface area contributed by atoms with E-state index in [0.29, 0.717) is 12.0 Å². The Kier molecular flexibility index (Phi) is 3.45. The Morgan fingerprint density at radius 3 is 1.85 bits per heavy atom. The van der Waals surface area contributed by atoms with Crippen molar-refractivity contribution in [2.24, 2.45) is 0 Å². The lowest BCUT2D eigenvalue weighted by Crippen LogP contribution is -2.47. The van der Waals surface area contributed by atoms with Gasteiger partial charge in [0.25, 0.3) is 0 Å². The van der Waals surface area contributed by atoms with Crippen molar-refractivity contribution in [3.63, 3.8) is 0 Å². The molecule has 0 fully saturated rings. The first-order valence-electron chi connectivity index (χ1n) is 7.28. The van der Waals surface area contributed by atoms with E-state index in [2.05, 4.69) is 86.9 Å². The van der Waals surface area contributed by atoms with Crippen LogP contribution in [0, 0.1) is 0 Å². The Labute approximate surface area is 121 Å². The van der Waals surface area contributed by atoms with E-state index >= 15 is 0 Å². The first-order valence-corrected chi connectivity index (χ1v) is 7.28. The third-order valence-corrected chi connectivity index (χ3v) is 4.31. The van der Waals surface area contributed by atoms with Crippen LogP contribution in [0.25, 0.3) is 0 Å². The van der Waals surface area contributed by atoms with Crippen LogP contribution in [0.3, 0.4) is 0 Å². The Morgan fingerprint density at radius 2 is 1.30 bits per heavy atom. The van der Waals surface area contributed by atoms with Crippen molar-refractivity contribution in [1.29, 1.82) is 0 Å². The summed E-state index contributed by atoms with van der Waals surface area (Å²) in [6.45, 7) is 1.14. The minimum atomic E-state index is 0.455. The molecule has 0 bridgehead atoms. The highest BCUT2D eigenvalue weighted by atomic mass is 15.3. The van der Waals surface area contributed by atoms with Gasteiger partial charge in [-0.3, -0.25) is 0 Å². The van der Waals surface area contributed by atoms with E-state index in [1.165, 1.54) is 11.1 Å². The molecule has 0 amide bonds. The Balaban J connectivity index is 1.91. The van der Waals surface area contributed by atoms with Crippen LogP contribution in [-0.2, 0) is 0 Å². The zero-order valence-electron chi connectivity index (χ0n) is 12.2. The van der Waals surface area contributed by atoms with E-state index in [-0.39, 0.29) is 0 Å². The third-order valence-electron chi connectivity index (χ3n) is 4.31. The summed E-state index contributed by atoms with van der Waals surface area (Å²) in [7, 11) is 4.66. The molecule has 2 atom stereocenters. The fourth-order valence-corrected chi connectivity index (χ4v) is 3.24. The smallest absolute Gasteiger partial charge is 0.133 e. The van der Waals surface area contributed by atoms with E-state index in [4.69, 9.17) is 0 Å². The predicted octanol–water partition coefficient (Wildman–Crippen LogP) is 4.16. The fourth-order valence-electron chi connectivity index (χ4n) is 3.24. The average Bonchev–Trinajstić information content (AvgIpc) is 2.48. The minimum absolute atomic E-state index is 0.455. The number of quaternary nitrogens is 1. The number of benzene rings is 2. The number of hydrogen-bond donors (Lipinski definition) is 0. The van der Waals surface area contributed by atoms with Gasteiger partial charge in [-0.15, -0.1) is 0 Å². The maximum absolute atomic E-state index is 2.39. The van der Waals surface area contributed by atoms with E-state index < -0.39 is 0 Å². The van der Waals surface area contributed by atoms with Gasteiger partial charge in [-0.25, -0.2) is 0 Å². The van der Waals surface area contributed by atoms with Crippen LogP contribution in [0.15, 0.2) is 72.8 Å². The molecule has 1 aliphatic heterocycles. The van der Waals surface area contributed by atoms with Crippen LogP contribution in [0.5, 0.6) is 0 Å². The summed E-state index contributed by atoms with van der Waals surface area (Å²) in [5.41, 5.74) is 2.82. The fraction of sp³-hybridized carbons (Fsp3) is 0.263. The minimum Gasteiger partial charge on any atom is -0.318 e. The van der Waals surface area contributed by atoms with Gasteiger partial charge in [0.2, 0.25) is 0 Å². The number of likely N-dealkylation sites (N-methyl/N-ethyl adjacent to an activating group) is 1. The molecule has 1 heterocycles. The summed E-state index contributed by atoms with van der Waals surface area (Å²) in [4.78, 5) is 0. The van der Waals surface area contributed by atoms with Gasteiger partial charge in [-0.1, -0.05) is 66.7 Å². The second-order valence-corrected chi connectivity index (χ2v) is 6.22. The summed E-state index contributed by atoms with van der Waals surface area (Å²) in [6.07, 6.45) is 4.77. The predicted molar refractivity (Wildman–Crippen MR) is 84.5 cm³/mol. The van der Waals surface area contributed by atoms with Crippen LogP contribution in [0.2, 0.25) is 0 Å². The van der Waals surface area contributed by atoms with Gasteiger partial charge >= 0.3 is 0 Å². The topological polar surface area (TPSA) is 0 Å². The van der Waals surface area contributed by atoms with E-state index in [1.54, 1.807) is 0 Å². The number of nitrogens with zero attached hydrogens (tertiary/aromatic N) is 1. The quantitative estimate of drug-likeness (QED) is 0.564. The standard InChI is InChI=1S/C19H22N/c1-20(2)15-18(16-9-5-3-6-10-16)13-14-19(20)17-11-7-4-8-12-17/h3-14,18-19H,15H2,1-2H3/q+1/t18-,19-/m1/s1. The van der Waals surface area contributed by atoms with Crippen molar-refractivity contribution >= 4 is 0 Å². The summed E-state index contributed by atoms with van der Waals surface area (Å²) in [5.74, 6) is 0.520. The summed E-state index contributed by atoms with van der Waals surface area (Å²) in [6, 6.07) is 22.1. The lowest BCUT2D eigenvalue weighted by Gasteiger charge is -2.42. The molecule has 0 saturated heterocycles. The molecule has 1 nitrogen and oxygen atoms in total. The van der Waals surface area contributed by atoms with Crippen molar-refractivity contribution in [3.05, 3.63) is 83.9 Å². The summed E-state index contributed by atoms with van der Waals surface area (Å²) in [5, 5.41) is 0. The van der Waals surface area contributed by atoms with E-state index in [9.17, 15) is 0 Å². The molecule has 0 spiro atoms. The molecule has 1 heteroatoms. The second-order valence-electron chi connectivity index (χ2n) is 6.22. The Morgan fingerprint density at radius 1 is 0.750 bits per heavy atom. The van der Waals surface area contributed by atoms with E-state index in [1.807, 2.05) is 0 Å². The van der Waals surface area contributed by atoms with Crippen molar-refractivity contribution in [3.8, 4) is 0 Å². The SMILES string of the molecule is C[N+]1(C)C[C@H](c2ccccc2)C=C[C@@H]1c1ccccc1. The van der Waals surface area contributed by atoms with Crippen molar-refractivity contribution in [2.45, 2.75) is 12.0 Å². The highest BCUT2D eigenvalue weighted by Crippen LogP contribution is 2.35. The molecule has 3 rings (SSSR count). The van der Waals surface area contributed by atoms with Gasteiger partial charge in [0, 0.05) is 5.56 Å². The molecule has 2 aromatic carbocycles. The van der Waals surface area contributed by atoms with Gasteiger partial charge in [0.15, 0.2) is 0 Å². The van der Waals surface area contributed by atoms with Crippen molar-refractivity contribution in [2.75, 3.05) is 20.6 Å². The largest absolute Gasteiger partial charge is 0.318 e. The molecule has 0 saturated carbocycles. The Hall–Kier alpha value is -1.86. The molecule has 0 aromatic heterocycles. The summed E-state index contributed by atoms with van der Waals surface area (Å²) >= 11 is 0. The monoisotopic (exact) mass is 264 g/mol. The zero-order chi connectivity index (χ0) is 14.0. The molecule has 0 aliphatic carbocycles. The van der Waals surface area contributed by atoms with Crippen LogP contribution in [-0.4, -0.2) is 25.1 Å². The lowest BCUT2D eigenvalue weighted by atomic mass is 9.90. The first kappa shape index (κ1) is 13.1.